The summed E-state index contributed by atoms with van der Waals surface area (Å²) in [5.41, 5.74) is 2.48. The van der Waals surface area contributed by atoms with E-state index >= 15 is 0 Å². The van der Waals surface area contributed by atoms with Crippen molar-refractivity contribution in [1.82, 2.24) is 24.3 Å². The van der Waals surface area contributed by atoms with Gasteiger partial charge in [0.05, 0.1) is 29.6 Å². The predicted octanol–water partition coefficient (Wildman–Crippen LogP) is 4.08. The Kier molecular flexibility index (Phi) is 7.43. The molecule has 2 aliphatic rings. The molecule has 42 heavy (non-hydrogen) atoms. The monoisotopic (exact) mass is 565 g/mol. The van der Waals surface area contributed by atoms with E-state index in [1.807, 2.05) is 41.9 Å². The van der Waals surface area contributed by atoms with Crippen LogP contribution >= 0.6 is 0 Å². The minimum atomic E-state index is -0.297. The maximum Gasteiger partial charge on any atom is 0.320 e. The molecule has 2 atom stereocenters. The molecule has 2 saturated heterocycles. The number of hydrogen-bond acceptors (Lipinski definition) is 8. The molecule has 1 N–H and O–H groups in total. The fourth-order valence-electron chi connectivity index (χ4n) is 6.35. The van der Waals surface area contributed by atoms with Crippen LogP contribution in [0.25, 0.3) is 33.1 Å². The number of piperazine rings is 1. The van der Waals surface area contributed by atoms with Gasteiger partial charge in [0.2, 0.25) is 5.91 Å². The highest BCUT2D eigenvalue weighted by Crippen LogP contribution is 2.39. The van der Waals surface area contributed by atoms with Crippen molar-refractivity contribution in [3.05, 3.63) is 55.1 Å². The maximum atomic E-state index is 12.5. The topological polar surface area (TPSA) is 111 Å². The van der Waals surface area contributed by atoms with Crippen molar-refractivity contribution in [3.8, 4) is 29.1 Å². The zero-order chi connectivity index (χ0) is 29.4. The summed E-state index contributed by atoms with van der Waals surface area (Å²) in [4.78, 5) is 28.5. The largest absolute Gasteiger partial charge is 0.507 e. The van der Waals surface area contributed by atoms with Crippen LogP contribution in [0.3, 0.4) is 0 Å². The van der Waals surface area contributed by atoms with Crippen molar-refractivity contribution in [2.24, 2.45) is 7.05 Å². The number of rotatable bonds is 7. The fourth-order valence-corrected chi connectivity index (χ4v) is 6.35. The van der Waals surface area contributed by atoms with Gasteiger partial charge in [0.25, 0.3) is 0 Å². The number of nitrogens with zero attached hydrogens (tertiary/aromatic N) is 7. The lowest BCUT2D eigenvalue weighted by Crippen LogP contribution is -2.55. The lowest BCUT2D eigenvalue weighted by molar-refractivity contribution is -0.128. The molecule has 2 fully saturated rings. The minimum absolute atomic E-state index is 0.176. The molecule has 0 bridgehead atoms. The van der Waals surface area contributed by atoms with Crippen LogP contribution in [0.4, 0.5) is 5.82 Å². The molecule has 0 spiro atoms. The Bertz CT molecular complexity index is 1700. The zero-order valence-electron chi connectivity index (χ0n) is 24.0. The molecule has 10 heteroatoms. The molecule has 4 heterocycles. The van der Waals surface area contributed by atoms with Gasteiger partial charge in [-0.05, 0) is 50.0 Å². The molecule has 2 aromatic carbocycles. The first-order chi connectivity index (χ1) is 20.4. The van der Waals surface area contributed by atoms with Crippen LogP contribution in [0, 0.1) is 11.3 Å². The van der Waals surface area contributed by atoms with Gasteiger partial charge in [-0.3, -0.25) is 4.79 Å². The highest BCUT2D eigenvalue weighted by molar-refractivity contribution is 6.03. The summed E-state index contributed by atoms with van der Waals surface area (Å²) in [5.74, 6) is 0.742. The molecule has 216 valence electrons. The van der Waals surface area contributed by atoms with Crippen LogP contribution in [-0.2, 0) is 11.8 Å². The Hall–Kier alpha value is -4.62. The number of hydrogen-bond donors (Lipinski definition) is 1. The number of aryl methyl sites for hydroxylation is 1. The lowest BCUT2D eigenvalue weighted by atomic mass is 10.0. The first-order valence-electron chi connectivity index (χ1n) is 14.4. The Balaban J connectivity index is 1.46. The summed E-state index contributed by atoms with van der Waals surface area (Å²) in [5, 5.41) is 22.9. The van der Waals surface area contributed by atoms with E-state index < -0.39 is 0 Å². The molecular weight excluding hydrogens is 530 g/mol. The second kappa shape index (κ2) is 11.3. The number of carbonyl (C=O) groups is 1. The van der Waals surface area contributed by atoms with E-state index in [0.29, 0.717) is 49.8 Å². The van der Waals surface area contributed by atoms with Crippen molar-refractivity contribution < 1.29 is 14.6 Å². The van der Waals surface area contributed by atoms with E-state index in [4.69, 9.17) is 14.7 Å². The highest BCUT2D eigenvalue weighted by Gasteiger charge is 2.32. The van der Waals surface area contributed by atoms with Gasteiger partial charge in [0.1, 0.15) is 23.8 Å². The second-order valence-corrected chi connectivity index (χ2v) is 11.1. The molecule has 1 amide bonds. The molecule has 0 radical (unpaired) electrons. The molecular formula is C32H35N7O3. The van der Waals surface area contributed by atoms with E-state index in [9.17, 15) is 15.2 Å². The number of phenols is 1. The van der Waals surface area contributed by atoms with E-state index in [-0.39, 0.29) is 24.1 Å². The number of benzene rings is 2. The standard InChI is InChI=1S/C32H35N7O3/c1-4-28(41)39-17-16-38(19-22(39)13-14-33)31-25-18-26(24-11-5-8-21-9-6-12-27(40)29(21)24)37(3)30(25)34-32(35-31)42-20-23-10-7-15-36(23)2/h4-6,8-9,11-12,18,22-23,40H,1,7,10,13,15-17,19-20H2,2-3H3/t22-,23-/m0/s1. The smallest absolute Gasteiger partial charge is 0.320 e. The number of phenolic OH excluding ortho intramolecular Hbond substituents is 1. The molecule has 2 aliphatic heterocycles. The van der Waals surface area contributed by atoms with Crippen LogP contribution in [0.2, 0.25) is 0 Å². The normalized spacial score (nSPS) is 19.4. The Labute approximate surface area is 245 Å². The van der Waals surface area contributed by atoms with Crippen molar-refractivity contribution in [1.29, 1.82) is 5.26 Å². The van der Waals surface area contributed by atoms with Crippen LogP contribution < -0.4 is 9.64 Å². The summed E-state index contributed by atoms with van der Waals surface area (Å²) < 4.78 is 8.25. The minimum Gasteiger partial charge on any atom is -0.507 e. The predicted molar refractivity (Wildman–Crippen MR) is 162 cm³/mol. The fraction of sp³-hybridized carbons (Fsp3) is 0.375. The SMILES string of the molecule is C=CC(=O)N1CCN(c2nc(OC[C@@H]3CCCN3C)nc3c2cc(-c2cccc4cccc(O)c24)n3C)C[C@@H]1CC#N. The van der Waals surface area contributed by atoms with Crippen LogP contribution in [0.5, 0.6) is 11.8 Å². The van der Waals surface area contributed by atoms with Gasteiger partial charge < -0.3 is 29.1 Å². The number of anilines is 1. The molecule has 2 aromatic heterocycles. The van der Waals surface area contributed by atoms with Crippen molar-refractivity contribution >= 4 is 33.5 Å². The number of aromatic nitrogens is 3. The highest BCUT2D eigenvalue weighted by atomic mass is 16.5. The van der Waals surface area contributed by atoms with Gasteiger partial charge in [-0.1, -0.05) is 36.9 Å². The molecule has 0 aliphatic carbocycles. The number of likely N-dealkylation sites (N-methyl/N-ethyl adjacent to an activating group) is 1. The Morgan fingerprint density at radius 2 is 1.98 bits per heavy atom. The average Bonchev–Trinajstić information content (AvgIpc) is 3.57. The van der Waals surface area contributed by atoms with E-state index in [1.54, 1.807) is 11.0 Å². The van der Waals surface area contributed by atoms with Gasteiger partial charge in [0, 0.05) is 43.7 Å². The van der Waals surface area contributed by atoms with E-state index in [2.05, 4.69) is 35.6 Å². The Morgan fingerprint density at radius 1 is 1.17 bits per heavy atom. The number of aromatic hydroxyl groups is 1. The Morgan fingerprint density at radius 3 is 2.71 bits per heavy atom. The van der Waals surface area contributed by atoms with Crippen LogP contribution in [0.1, 0.15) is 19.3 Å². The summed E-state index contributed by atoms with van der Waals surface area (Å²) in [6.07, 6.45) is 3.72. The van der Waals surface area contributed by atoms with E-state index in [1.165, 1.54) is 6.08 Å². The third kappa shape index (κ3) is 4.90. The molecule has 10 nitrogen and oxygen atoms in total. The quantitative estimate of drug-likeness (QED) is 0.334. The maximum absolute atomic E-state index is 12.5. The third-order valence-corrected chi connectivity index (χ3v) is 8.65. The zero-order valence-corrected chi connectivity index (χ0v) is 24.0. The lowest BCUT2D eigenvalue weighted by Gasteiger charge is -2.40. The first-order valence-corrected chi connectivity index (χ1v) is 14.4. The van der Waals surface area contributed by atoms with Gasteiger partial charge in [-0.2, -0.15) is 15.2 Å². The number of ether oxygens (including phenoxy) is 1. The number of nitriles is 1. The summed E-state index contributed by atoms with van der Waals surface area (Å²) in [7, 11) is 4.07. The van der Waals surface area contributed by atoms with Crippen molar-refractivity contribution in [2.75, 3.05) is 44.7 Å². The number of amides is 1. The third-order valence-electron chi connectivity index (χ3n) is 8.65. The molecule has 4 aromatic rings. The van der Waals surface area contributed by atoms with Gasteiger partial charge in [-0.25, -0.2) is 0 Å². The van der Waals surface area contributed by atoms with Crippen LogP contribution in [0.15, 0.2) is 55.1 Å². The van der Waals surface area contributed by atoms with Gasteiger partial charge >= 0.3 is 6.01 Å². The summed E-state index contributed by atoms with van der Waals surface area (Å²) >= 11 is 0. The van der Waals surface area contributed by atoms with Crippen molar-refractivity contribution in [2.45, 2.75) is 31.3 Å². The summed E-state index contributed by atoms with van der Waals surface area (Å²) in [6.45, 7) is 6.62. The molecule has 0 unspecified atom stereocenters. The van der Waals surface area contributed by atoms with Crippen LogP contribution in [-0.4, -0.2) is 87.3 Å². The average molecular weight is 566 g/mol. The first kappa shape index (κ1) is 27.5. The van der Waals surface area contributed by atoms with Crippen molar-refractivity contribution in [3.63, 3.8) is 0 Å². The number of likely N-dealkylation sites (tertiary alicyclic amines) is 1. The van der Waals surface area contributed by atoms with E-state index in [0.717, 1.165) is 46.8 Å². The van der Waals surface area contributed by atoms with Gasteiger partial charge in [-0.15, -0.1) is 0 Å². The molecule has 6 rings (SSSR count). The summed E-state index contributed by atoms with van der Waals surface area (Å²) in [6, 6.07) is 16.1. The number of fused-ring (bicyclic) bond motifs is 2. The molecule has 0 saturated carbocycles. The van der Waals surface area contributed by atoms with Gasteiger partial charge in [0.15, 0.2) is 0 Å². The second-order valence-electron chi connectivity index (χ2n) is 11.1. The number of carbonyl (C=O) groups excluding carboxylic acids is 1.